The molecule has 1 fully saturated rings. The number of Topliss-reactive ketones (excluding diaryl/α,β-unsaturated/α-hetero) is 1. The molecular formula is C14H18ClNOS. The van der Waals surface area contributed by atoms with Gasteiger partial charge in [0.25, 0.3) is 0 Å². The molecule has 2 rings (SSSR count). The first-order valence-electron chi connectivity index (χ1n) is 6.28. The molecule has 1 atom stereocenters. The van der Waals surface area contributed by atoms with E-state index in [1.54, 1.807) is 12.1 Å². The van der Waals surface area contributed by atoms with Gasteiger partial charge in [-0.1, -0.05) is 23.7 Å². The Morgan fingerprint density at radius 1 is 1.50 bits per heavy atom. The Labute approximate surface area is 118 Å². The van der Waals surface area contributed by atoms with Gasteiger partial charge >= 0.3 is 0 Å². The summed E-state index contributed by atoms with van der Waals surface area (Å²) in [5.41, 5.74) is 0.651. The number of hydrogen-bond acceptors (Lipinski definition) is 3. The smallest absolute Gasteiger partial charge is 0.165 e. The predicted molar refractivity (Wildman–Crippen MR) is 78.8 cm³/mol. The second-order valence-corrected chi connectivity index (χ2v) is 6.17. The van der Waals surface area contributed by atoms with Crippen molar-refractivity contribution < 1.29 is 4.79 Å². The standard InChI is InChI=1S/C14H18ClNOS/c1-11-10-18-9-8-16(11)7-6-14(17)12-4-2-3-5-13(12)15/h2-5,11H,6-10H2,1H3. The van der Waals surface area contributed by atoms with Crippen LogP contribution in [0.1, 0.15) is 23.7 Å². The minimum Gasteiger partial charge on any atom is -0.299 e. The molecule has 1 aliphatic rings. The van der Waals surface area contributed by atoms with Crippen LogP contribution in [-0.2, 0) is 0 Å². The van der Waals surface area contributed by atoms with Crippen molar-refractivity contribution in [1.82, 2.24) is 4.90 Å². The fraction of sp³-hybridized carbons (Fsp3) is 0.500. The first kappa shape index (κ1) is 13.9. The van der Waals surface area contributed by atoms with Crippen LogP contribution < -0.4 is 0 Å². The van der Waals surface area contributed by atoms with Gasteiger partial charge in [-0.15, -0.1) is 0 Å². The van der Waals surface area contributed by atoms with Crippen molar-refractivity contribution in [2.75, 3.05) is 24.6 Å². The van der Waals surface area contributed by atoms with Gasteiger partial charge in [0.1, 0.15) is 0 Å². The lowest BCUT2D eigenvalue weighted by Crippen LogP contribution is -2.41. The van der Waals surface area contributed by atoms with E-state index >= 15 is 0 Å². The number of hydrogen-bond donors (Lipinski definition) is 0. The van der Waals surface area contributed by atoms with Gasteiger partial charge in [-0.2, -0.15) is 11.8 Å². The molecule has 0 amide bonds. The van der Waals surface area contributed by atoms with Crippen molar-refractivity contribution in [3.63, 3.8) is 0 Å². The Morgan fingerprint density at radius 2 is 2.28 bits per heavy atom. The van der Waals surface area contributed by atoms with E-state index in [4.69, 9.17) is 11.6 Å². The third-order valence-electron chi connectivity index (χ3n) is 3.31. The van der Waals surface area contributed by atoms with Crippen molar-refractivity contribution >= 4 is 29.1 Å². The van der Waals surface area contributed by atoms with Crippen molar-refractivity contribution in [3.05, 3.63) is 34.9 Å². The fourth-order valence-electron chi connectivity index (χ4n) is 2.16. The van der Waals surface area contributed by atoms with E-state index in [2.05, 4.69) is 11.8 Å². The van der Waals surface area contributed by atoms with E-state index in [9.17, 15) is 4.79 Å². The number of benzene rings is 1. The Morgan fingerprint density at radius 3 is 3.00 bits per heavy atom. The summed E-state index contributed by atoms with van der Waals surface area (Å²) in [4.78, 5) is 14.5. The van der Waals surface area contributed by atoms with Crippen LogP contribution in [0.4, 0.5) is 0 Å². The SMILES string of the molecule is CC1CSCCN1CCC(=O)c1ccccc1Cl. The van der Waals surface area contributed by atoms with Gasteiger partial charge in [0.15, 0.2) is 5.78 Å². The summed E-state index contributed by atoms with van der Waals surface area (Å²) in [5, 5.41) is 0.560. The summed E-state index contributed by atoms with van der Waals surface area (Å²) in [6.07, 6.45) is 0.554. The maximum Gasteiger partial charge on any atom is 0.165 e. The predicted octanol–water partition coefficient (Wildman–Crippen LogP) is 3.35. The van der Waals surface area contributed by atoms with Crippen molar-refractivity contribution in [2.45, 2.75) is 19.4 Å². The van der Waals surface area contributed by atoms with Crippen LogP contribution in [0.25, 0.3) is 0 Å². The number of thioether (sulfide) groups is 1. The van der Waals surface area contributed by atoms with E-state index in [1.807, 2.05) is 23.9 Å². The average Bonchev–Trinajstić information content (AvgIpc) is 2.38. The van der Waals surface area contributed by atoms with E-state index in [0.717, 1.165) is 13.1 Å². The van der Waals surface area contributed by atoms with Crippen LogP contribution >= 0.6 is 23.4 Å². The van der Waals surface area contributed by atoms with Crippen molar-refractivity contribution in [2.24, 2.45) is 0 Å². The molecule has 0 N–H and O–H groups in total. The van der Waals surface area contributed by atoms with Crippen molar-refractivity contribution in [3.8, 4) is 0 Å². The van der Waals surface area contributed by atoms with Crippen molar-refractivity contribution in [1.29, 1.82) is 0 Å². The summed E-state index contributed by atoms with van der Waals surface area (Å²) >= 11 is 8.02. The highest BCUT2D eigenvalue weighted by Gasteiger charge is 2.19. The molecule has 1 aliphatic heterocycles. The number of halogens is 1. The molecule has 1 aromatic rings. The van der Waals surface area contributed by atoms with Crippen LogP contribution in [0.5, 0.6) is 0 Å². The first-order chi connectivity index (χ1) is 8.68. The largest absolute Gasteiger partial charge is 0.299 e. The third kappa shape index (κ3) is 3.50. The Kier molecular flexibility index (Phi) is 5.10. The minimum absolute atomic E-state index is 0.144. The molecule has 4 heteroatoms. The van der Waals surface area contributed by atoms with Crippen LogP contribution in [0.15, 0.2) is 24.3 Å². The Hall–Kier alpha value is -0.510. The highest BCUT2D eigenvalue weighted by Crippen LogP contribution is 2.19. The number of rotatable bonds is 4. The monoisotopic (exact) mass is 283 g/mol. The zero-order valence-corrected chi connectivity index (χ0v) is 12.1. The molecule has 1 unspecified atom stereocenters. The van der Waals surface area contributed by atoms with Gasteiger partial charge in [0, 0.05) is 42.6 Å². The van der Waals surface area contributed by atoms with Gasteiger partial charge < -0.3 is 0 Å². The highest BCUT2D eigenvalue weighted by atomic mass is 35.5. The van der Waals surface area contributed by atoms with Crippen LogP contribution in [0, 0.1) is 0 Å². The normalized spacial score (nSPS) is 20.9. The fourth-order valence-corrected chi connectivity index (χ4v) is 3.48. The molecule has 0 aliphatic carbocycles. The van der Waals surface area contributed by atoms with E-state index < -0.39 is 0 Å². The summed E-state index contributed by atoms with van der Waals surface area (Å²) in [7, 11) is 0. The molecule has 0 saturated carbocycles. The van der Waals surface area contributed by atoms with Crippen LogP contribution in [-0.4, -0.2) is 41.3 Å². The van der Waals surface area contributed by atoms with E-state index in [1.165, 1.54) is 11.5 Å². The summed E-state index contributed by atoms with van der Waals surface area (Å²) in [6, 6.07) is 7.86. The van der Waals surface area contributed by atoms with Gasteiger partial charge in [0.05, 0.1) is 5.02 Å². The van der Waals surface area contributed by atoms with Gasteiger partial charge in [-0.05, 0) is 19.1 Å². The first-order valence-corrected chi connectivity index (χ1v) is 7.81. The third-order valence-corrected chi connectivity index (χ3v) is 4.82. The molecule has 1 heterocycles. The molecule has 0 bridgehead atoms. The Bertz CT molecular complexity index is 424. The minimum atomic E-state index is 0.144. The zero-order chi connectivity index (χ0) is 13.0. The second kappa shape index (κ2) is 6.60. The lowest BCUT2D eigenvalue weighted by Gasteiger charge is -2.32. The highest BCUT2D eigenvalue weighted by molar-refractivity contribution is 7.99. The summed E-state index contributed by atoms with van der Waals surface area (Å²) < 4.78 is 0. The van der Waals surface area contributed by atoms with Crippen LogP contribution in [0.3, 0.4) is 0 Å². The average molecular weight is 284 g/mol. The lowest BCUT2D eigenvalue weighted by atomic mass is 10.1. The molecule has 98 valence electrons. The van der Waals surface area contributed by atoms with E-state index in [0.29, 0.717) is 23.0 Å². The maximum absolute atomic E-state index is 12.1. The number of ketones is 1. The molecular weight excluding hydrogens is 266 g/mol. The molecule has 0 radical (unpaired) electrons. The maximum atomic E-state index is 12.1. The topological polar surface area (TPSA) is 20.3 Å². The summed E-state index contributed by atoms with van der Waals surface area (Å²) in [5.74, 6) is 2.48. The van der Waals surface area contributed by atoms with Gasteiger partial charge in [-0.3, -0.25) is 9.69 Å². The number of carbonyl (C=O) groups is 1. The molecule has 1 aromatic carbocycles. The van der Waals surface area contributed by atoms with E-state index in [-0.39, 0.29) is 5.78 Å². The molecule has 0 spiro atoms. The summed E-state index contributed by atoms with van der Waals surface area (Å²) in [6.45, 7) is 4.15. The quantitative estimate of drug-likeness (QED) is 0.791. The Balaban J connectivity index is 1.90. The van der Waals surface area contributed by atoms with Gasteiger partial charge in [-0.25, -0.2) is 0 Å². The molecule has 1 saturated heterocycles. The molecule has 18 heavy (non-hydrogen) atoms. The molecule has 2 nitrogen and oxygen atoms in total. The number of nitrogens with zero attached hydrogens (tertiary/aromatic N) is 1. The van der Waals surface area contributed by atoms with Gasteiger partial charge in [0.2, 0.25) is 0 Å². The number of carbonyl (C=O) groups excluding carboxylic acids is 1. The lowest BCUT2D eigenvalue weighted by molar-refractivity contribution is 0.0958. The second-order valence-electron chi connectivity index (χ2n) is 4.61. The molecule has 0 aromatic heterocycles. The van der Waals surface area contributed by atoms with Crippen LogP contribution in [0.2, 0.25) is 5.02 Å². The zero-order valence-electron chi connectivity index (χ0n) is 10.6.